The Bertz CT molecular complexity index is 256. The third-order valence-electron chi connectivity index (χ3n) is 3.89. The fourth-order valence-corrected chi connectivity index (χ4v) is 3.09. The second-order valence-corrected chi connectivity index (χ2v) is 5.02. The maximum Gasteiger partial charge on any atom is 0.389 e. The molecule has 2 rings (SSSR count). The number of alkyl halides is 3. The third-order valence-corrected chi connectivity index (χ3v) is 3.89. The van der Waals surface area contributed by atoms with Crippen LogP contribution in [0.5, 0.6) is 0 Å². The SMILES string of the molecule is OC1(CCCC(F)(F)F)CCN2CCCC21. The van der Waals surface area contributed by atoms with Crippen LogP contribution in [0.1, 0.15) is 38.5 Å². The highest BCUT2D eigenvalue weighted by Gasteiger charge is 2.47. The summed E-state index contributed by atoms with van der Waals surface area (Å²) in [6.45, 7) is 1.83. The Morgan fingerprint density at radius 3 is 2.75 bits per heavy atom. The first-order chi connectivity index (χ1) is 7.41. The minimum Gasteiger partial charge on any atom is -0.388 e. The Labute approximate surface area is 93.4 Å². The monoisotopic (exact) mass is 237 g/mol. The predicted octanol–water partition coefficient (Wildman–Crippen LogP) is 2.32. The highest BCUT2D eigenvalue weighted by molar-refractivity contribution is 5.02. The quantitative estimate of drug-likeness (QED) is 0.814. The fraction of sp³-hybridized carbons (Fsp3) is 1.00. The van der Waals surface area contributed by atoms with Crippen LogP contribution in [-0.2, 0) is 0 Å². The lowest BCUT2D eigenvalue weighted by atomic mass is 9.87. The Morgan fingerprint density at radius 2 is 2.06 bits per heavy atom. The van der Waals surface area contributed by atoms with Gasteiger partial charge in [-0.3, -0.25) is 4.90 Å². The molecule has 0 aromatic heterocycles. The third kappa shape index (κ3) is 2.51. The first-order valence-corrected chi connectivity index (χ1v) is 5.94. The zero-order valence-electron chi connectivity index (χ0n) is 9.26. The summed E-state index contributed by atoms with van der Waals surface area (Å²) < 4.78 is 36.1. The smallest absolute Gasteiger partial charge is 0.388 e. The lowest BCUT2D eigenvalue weighted by Crippen LogP contribution is -2.41. The van der Waals surface area contributed by atoms with Gasteiger partial charge in [-0.05, 0) is 38.6 Å². The van der Waals surface area contributed by atoms with Crippen LogP contribution in [0.25, 0.3) is 0 Å². The normalized spacial score (nSPS) is 35.6. The molecular formula is C11H18F3NO. The standard InChI is InChI=1S/C11H18F3NO/c12-11(13,14)5-2-4-10(16)6-8-15-7-1-3-9(10)15/h9,16H,1-8H2. The van der Waals surface area contributed by atoms with Crippen LogP contribution in [0.2, 0.25) is 0 Å². The molecule has 2 fully saturated rings. The molecule has 2 nitrogen and oxygen atoms in total. The van der Waals surface area contributed by atoms with Crippen molar-refractivity contribution in [3.8, 4) is 0 Å². The molecule has 0 aliphatic carbocycles. The van der Waals surface area contributed by atoms with Gasteiger partial charge in [0.15, 0.2) is 0 Å². The summed E-state index contributed by atoms with van der Waals surface area (Å²) in [7, 11) is 0. The van der Waals surface area contributed by atoms with Gasteiger partial charge >= 0.3 is 6.18 Å². The molecule has 1 N–H and O–H groups in total. The van der Waals surface area contributed by atoms with Crippen LogP contribution in [-0.4, -0.2) is 40.9 Å². The summed E-state index contributed by atoms with van der Waals surface area (Å²) in [5.74, 6) is 0. The van der Waals surface area contributed by atoms with Gasteiger partial charge in [0.25, 0.3) is 0 Å². The molecule has 0 saturated carbocycles. The van der Waals surface area contributed by atoms with Crippen molar-refractivity contribution in [3.63, 3.8) is 0 Å². The average Bonchev–Trinajstić information content (AvgIpc) is 2.69. The number of hydrogen-bond donors (Lipinski definition) is 1. The van der Waals surface area contributed by atoms with Crippen molar-refractivity contribution >= 4 is 0 Å². The maximum absolute atomic E-state index is 12.0. The van der Waals surface area contributed by atoms with E-state index in [2.05, 4.69) is 4.90 Å². The molecule has 2 aliphatic heterocycles. The molecule has 16 heavy (non-hydrogen) atoms. The Kier molecular flexibility index (Phi) is 3.18. The van der Waals surface area contributed by atoms with E-state index in [4.69, 9.17) is 0 Å². The van der Waals surface area contributed by atoms with E-state index in [1.807, 2.05) is 0 Å². The van der Waals surface area contributed by atoms with Crippen LogP contribution in [0.4, 0.5) is 13.2 Å². The first-order valence-electron chi connectivity index (χ1n) is 5.94. The molecule has 2 heterocycles. The van der Waals surface area contributed by atoms with E-state index in [0.717, 1.165) is 25.9 Å². The summed E-state index contributed by atoms with van der Waals surface area (Å²) in [5, 5.41) is 10.3. The number of aliphatic hydroxyl groups is 1. The molecule has 0 radical (unpaired) electrons. The maximum atomic E-state index is 12.0. The second-order valence-electron chi connectivity index (χ2n) is 5.02. The fourth-order valence-electron chi connectivity index (χ4n) is 3.09. The Hall–Kier alpha value is -0.290. The van der Waals surface area contributed by atoms with Crippen molar-refractivity contribution in [1.29, 1.82) is 0 Å². The summed E-state index contributed by atoms with van der Waals surface area (Å²) in [5.41, 5.74) is -0.859. The van der Waals surface area contributed by atoms with Crippen LogP contribution in [0.3, 0.4) is 0 Å². The molecule has 0 spiro atoms. The van der Waals surface area contributed by atoms with E-state index in [1.54, 1.807) is 0 Å². The zero-order valence-corrected chi connectivity index (χ0v) is 9.26. The Morgan fingerprint density at radius 1 is 1.31 bits per heavy atom. The topological polar surface area (TPSA) is 23.5 Å². The Balaban J connectivity index is 1.84. The van der Waals surface area contributed by atoms with E-state index in [9.17, 15) is 18.3 Å². The van der Waals surface area contributed by atoms with Crippen LogP contribution < -0.4 is 0 Å². The lowest BCUT2D eigenvalue weighted by molar-refractivity contribution is -0.138. The highest BCUT2D eigenvalue weighted by Crippen LogP contribution is 2.39. The van der Waals surface area contributed by atoms with Gasteiger partial charge in [0.05, 0.1) is 5.60 Å². The van der Waals surface area contributed by atoms with Crippen molar-refractivity contribution in [2.75, 3.05) is 13.1 Å². The molecule has 0 aromatic rings. The van der Waals surface area contributed by atoms with Crippen molar-refractivity contribution in [1.82, 2.24) is 4.90 Å². The molecule has 0 bridgehead atoms. The molecular weight excluding hydrogens is 219 g/mol. The predicted molar refractivity (Wildman–Crippen MR) is 54.1 cm³/mol. The number of rotatable bonds is 3. The van der Waals surface area contributed by atoms with Gasteiger partial charge in [-0.15, -0.1) is 0 Å². The highest BCUT2D eigenvalue weighted by atomic mass is 19.4. The van der Waals surface area contributed by atoms with E-state index >= 15 is 0 Å². The van der Waals surface area contributed by atoms with Crippen molar-refractivity contribution in [3.05, 3.63) is 0 Å². The van der Waals surface area contributed by atoms with E-state index < -0.39 is 18.2 Å². The van der Waals surface area contributed by atoms with Crippen LogP contribution in [0, 0.1) is 0 Å². The van der Waals surface area contributed by atoms with Gasteiger partial charge in [0.1, 0.15) is 0 Å². The van der Waals surface area contributed by atoms with Gasteiger partial charge < -0.3 is 5.11 Å². The number of hydrogen-bond acceptors (Lipinski definition) is 2. The molecule has 2 atom stereocenters. The summed E-state index contributed by atoms with van der Waals surface area (Å²) in [4.78, 5) is 2.22. The van der Waals surface area contributed by atoms with Gasteiger partial charge in [-0.1, -0.05) is 0 Å². The van der Waals surface area contributed by atoms with Crippen LogP contribution in [0.15, 0.2) is 0 Å². The molecule has 5 heteroatoms. The van der Waals surface area contributed by atoms with Crippen molar-refractivity contribution in [2.24, 2.45) is 0 Å². The van der Waals surface area contributed by atoms with Gasteiger partial charge in [-0.2, -0.15) is 13.2 Å². The van der Waals surface area contributed by atoms with Crippen molar-refractivity contribution in [2.45, 2.75) is 56.3 Å². The van der Waals surface area contributed by atoms with Gasteiger partial charge in [0, 0.05) is 19.0 Å². The summed E-state index contributed by atoms with van der Waals surface area (Å²) in [6.07, 6.45) is -1.91. The van der Waals surface area contributed by atoms with Crippen molar-refractivity contribution < 1.29 is 18.3 Å². The molecule has 2 unspecified atom stereocenters. The number of nitrogens with zero attached hydrogens (tertiary/aromatic N) is 1. The van der Waals surface area contributed by atoms with E-state index in [-0.39, 0.29) is 18.9 Å². The lowest BCUT2D eigenvalue weighted by Gasteiger charge is -2.30. The van der Waals surface area contributed by atoms with E-state index in [1.165, 1.54) is 0 Å². The summed E-state index contributed by atoms with van der Waals surface area (Å²) in [6, 6.07) is 0.112. The van der Waals surface area contributed by atoms with Gasteiger partial charge in [0.2, 0.25) is 0 Å². The van der Waals surface area contributed by atoms with Gasteiger partial charge in [-0.25, -0.2) is 0 Å². The average molecular weight is 237 g/mol. The largest absolute Gasteiger partial charge is 0.389 e. The van der Waals surface area contributed by atoms with E-state index in [0.29, 0.717) is 6.42 Å². The molecule has 0 amide bonds. The second kappa shape index (κ2) is 4.18. The minimum atomic E-state index is -4.09. The molecule has 2 aliphatic rings. The molecule has 0 aromatic carbocycles. The first kappa shape index (κ1) is 12.2. The van der Waals surface area contributed by atoms with Crippen LogP contribution >= 0.6 is 0 Å². The summed E-state index contributed by atoms with van der Waals surface area (Å²) >= 11 is 0. The molecule has 2 saturated heterocycles. The number of fused-ring (bicyclic) bond motifs is 1. The molecule has 94 valence electrons. The zero-order chi connectivity index (χ0) is 11.8. The number of halogens is 3. The minimum absolute atomic E-state index is 0.0460.